The van der Waals surface area contributed by atoms with Crippen molar-refractivity contribution >= 4 is 29.1 Å². The van der Waals surface area contributed by atoms with Crippen LogP contribution in [0.4, 0.5) is 20.7 Å². The summed E-state index contributed by atoms with van der Waals surface area (Å²) in [5, 5.41) is 2.74. The molecule has 0 unspecified atom stereocenters. The van der Waals surface area contributed by atoms with Crippen LogP contribution in [0.5, 0.6) is 0 Å². The molecule has 1 aromatic heterocycles. The number of nitrogens with one attached hydrogen (secondary N) is 1. The lowest BCUT2D eigenvalue weighted by Crippen LogP contribution is -2.40. The van der Waals surface area contributed by atoms with E-state index in [0.717, 1.165) is 29.4 Å². The van der Waals surface area contributed by atoms with Crippen LogP contribution in [0.25, 0.3) is 0 Å². The standard InChI is InChI=1S/C18H21ClFN5O/c1-4-24(3)17-13-10-25(8-7-16(13)21-11(2)22-17)18(26)23-12-5-6-15(20)14(19)9-12/h5-6,9H,4,7-8,10H2,1-3H3,(H,23,26). The molecule has 6 nitrogen and oxygen atoms in total. The quantitative estimate of drug-likeness (QED) is 0.887. The van der Waals surface area contributed by atoms with Crippen molar-refractivity contribution in [3.63, 3.8) is 0 Å². The molecule has 0 saturated heterocycles. The summed E-state index contributed by atoms with van der Waals surface area (Å²) in [6.45, 7) is 5.72. The molecule has 0 aliphatic carbocycles. The van der Waals surface area contributed by atoms with Crippen LogP contribution in [-0.2, 0) is 13.0 Å². The van der Waals surface area contributed by atoms with Crippen molar-refractivity contribution in [1.82, 2.24) is 14.9 Å². The number of anilines is 2. The first kappa shape index (κ1) is 18.4. The van der Waals surface area contributed by atoms with Crippen LogP contribution in [0.15, 0.2) is 18.2 Å². The zero-order valence-corrected chi connectivity index (χ0v) is 15.8. The third-order valence-corrected chi connectivity index (χ3v) is 4.73. The lowest BCUT2D eigenvalue weighted by Gasteiger charge is -2.31. The van der Waals surface area contributed by atoms with Crippen molar-refractivity contribution in [1.29, 1.82) is 0 Å². The van der Waals surface area contributed by atoms with E-state index in [-0.39, 0.29) is 11.1 Å². The van der Waals surface area contributed by atoms with Crippen molar-refractivity contribution in [3.8, 4) is 0 Å². The highest BCUT2D eigenvalue weighted by atomic mass is 35.5. The Balaban J connectivity index is 1.80. The number of hydrogen-bond acceptors (Lipinski definition) is 4. The van der Waals surface area contributed by atoms with E-state index < -0.39 is 5.82 Å². The molecule has 138 valence electrons. The minimum absolute atomic E-state index is 0.0254. The van der Waals surface area contributed by atoms with Gasteiger partial charge in [-0.3, -0.25) is 0 Å². The highest BCUT2D eigenvalue weighted by Gasteiger charge is 2.26. The first-order chi connectivity index (χ1) is 12.4. The fourth-order valence-corrected chi connectivity index (χ4v) is 3.11. The number of halogens is 2. The Kier molecular flexibility index (Phi) is 5.27. The Morgan fingerprint density at radius 1 is 1.42 bits per heavy atom. The molecule has 2 aromatic rings. The number of aryl methyl sites for hydroxylation is 1. The van der Waals surface area contributed by atoms with E-state index in [4.69, 9.17) is 11.6 Å². The number of carbonyl (C=O) groups is 1. The summed E-state index contributed by atoms with van der Waals surface area (Å²) in [5.41, 5.74) is 2.42. The van der Waals surface area contributed by atoms with E-state index >= 15 is 0 Å². The van der Waals surface area contributed by atoms with Crippen LogP contribution in [-0.4, -0.2) is 41.0 Å². The average molecular weight is 378 g/mol. The minimum atomic E-state index is -0.517. The van der Waals surface area contributed by atoms with Gasteiger partial charge in [-0.05, 0) is 32.0 Å². The third-order valence-electron chi connectivity index (χ3n) is 4.44. The monoisotopic (exact) mass is 377 g/mol. The van der Waals surface area contributed by atoms with E-state index in [9.17, 15) is 9.18 Å². The highest BCUT2D eigenvalue weighted by molar-refractivity contribution is 6.31. The Labute approximate surface area is 157 Å². The molecule has 1 N–H and O–H groups in total. The van der Waals surface area contributed by atoms with Gasteiger partial charge < -0.3 is 15.1 Å². The van der Waals surface area contributed by atoms with Gasteiger partial charge in [-0.2, -0.15) is 0 Å². The van der Waals surface area contributed by atoms with Gasteiger partial charge in [0, 0.05) is 37.8 Å². The van der Waals surface area contributed by atoms with Gasteiger partial charge in [0.25, 0.3) is 0 Å². The number of benzene rings is 1. The van der Waals surface area contributed by atoms with Gasteiger partial charge in [0.2, 0.25) is 0 Å². The molecule has 0 saturated carbocycles. The third kappa shape index (κ3) is 3.72. The maximum absolute atomic E-state index is 13.3. The summed E-state index contributed by atoms with van der Waals surface area (Å²) in [6.07, 6.45) is 0.668. The molecular formula is C18H21ClFN5O. The fraction of sp³-hybridized carbons (Fsp3) is 0.389. The number of nitrogens with zero attached hydrogens (tertiary/aromatic N) is 4. The van der Waals surface area contributed by atoms with Crippen molar-refractivity contribution in [2.75, 3.05) is 30.4 Å². The highest BCUT2D eigenvalue weighted by Crippen LogP contribution is 2.27. The summed E-state index contributed by atoms with van der Waals surface area (Å²) >= 11 is 5.77. The zero-order valence-electron chi connectivity index (χ0n) is 15.0. The number of fused-ring (bicyclic) bond motifs is 1. The molecule has 26 heavy (non-hydrogen) atoms. The average Bonchev–Trinajstić information content (AvgIpc) is 2.63. The molecule has 0 fully saturated rings. The largest absolute Gasteiger partial charge is 0.360 e. The molecule has 0 atom stereocenters. The molecule has 2 amide bonds. The van der Waals surface area contributed by atoms with Crippen molar-refractivity contribution in [2.24, 2.45) is 0 Å². The van der Waals surface area contributed by atoms with E-state index in [1.54, 1.807) is 4.90 Å². The van der Waals surface area contributed by atoms with Gasteiger partial charge in [-0.25, -0.2) is 19.2 Å². The van der Waals surface area contributed by atoms with Crippen LogP contribution < -0.4 is 10.2 Å². The van der Waals surface area contributed by atoms with Crippen LogP contribution in [0, 0.1) is 12.7 Å². The van der Waals surface area contributed by atoms with Crippen LogP contribution in [0.3, 0.4) is 0 Å². The number of urea groups is 1. The number of aromatic nitrogens is 2. The second-order valence-corrected chi connectivity index (χ2v) is 6.67. The SMILES string of the molecule is CCN(C)c1nc(C)nc2c1CN(C(=O)Nc1ccc(F)c(Cl)c1)CC2. The van der Waals surface area contributed by atoms with Crippen LogP contribution >= 0.6 is 11.6 Å². The Bertz CT molecular complexity index is 845. The smallest absolute Gasteiger partial charge is 0.322 e. The van der Waals surface area contributed by atoms with Gasteiger partial charge in [0.15, 0.2) is 0 Å². The van der Waals surface area contributed by atoms with E-state index in [1.165, 1.54) is 18.2 Å². The summed E-state index contributed by atoms with van der Waals surface area (Å²) in [6, 6.07) is 3.85. The molecule has 0 bridgehead atoms. The van der Waals surface area contributed by atoms with Gasteiger partial charge in [0.05, 0.1) is 17.3 Å². The molecule has 2 heterocycles. The van der Waals surface area contributed by atoms with Crippen molar-refractivity contribution in [2.45, 2.75) is 26.8 Å². The lowest BCUT2D eigenvalue weighted by molar-refractivity contribution is 0.206. The number of hydrogen-bond donors (Lipinski definition) is 1. The van der Waals surface area contributed by atoms with Gasteiger partial charge in [-0.1, -0.05) is 11.6 Å². The first-order valence-electron chi connectivity index (χ1n) is 8.47. The molecule has 3 rings (SSSR count). The predicted octanol–water partition coefficient (Wildman–Crippen LogP) is 3.62. The summed E-state index contributed by atoms with van der Waals surface area (Å²) in [5.74, 6) is 1.08. The van der Waals surface area contributed by atoms with Crippen LogP contribution in [0.2, 0.25) is 5.02 Å². The second kappa shape index (κ2) is 7.45. The zero-order chi connectivity index (χ0) is 18.8. The molecular weight excluding hydrogens is 357 g/mol. The molecule has 8 heteroatoms. The second-order valence-electron chi connectivity index (χ2n) is 6.26. The van der Waals surface area contributed by atoms with Gasteiger partial charge in [0.1, 0.15) is 17.5 Å². The number of amides is 2. The number of carbonyl (C=O) groups excluding carboxylic acids is 1. The summed E-state index contributed by atoms with van der Waals surface area (Å²) in [7, 11) is 1.97. The summed E-state index contributed by atoms with van der Waals surface area (Å²) in [4.78, 5) is 25.5. The van der Waals surface area contributed by atoms with Crippen molar-refractivity contribution in [3.05, 3.63) is 46.1 Å². The maximum atomic E-state index is 13.3. The Morgan fingerprint density at radius 3 is 2.88 bits per heavy atom. The molecule has 0 spiro atoms. The van der Waals surface area contributed by atoms with Gasteiger partial charge in [-0.15, -0.1) is 0 Å². The van der Waals surface area contributed by atoms with Crippen LogP contribution in [0.1, 0.15) is 24.0 Å². The lowest BCUT2D eigenvalue weighted by atomic mass is 10.1. The fourth-order valence-electron chi connectivity index (χ4n) is 2.93. The topological polar surface area (TPSA) is 61.4 Å². The molecule has 1 aliphatic heterocycles. The molecule has 1 aromatic carbocycles. The summed E-state index contributed by atoms with van der Waals surface area (Å²) < 4.78 is 13.3. The van der Waals surface area contributed by atoms with E-state index in [2.05, 4.69) is 27.1 Å². The van der Waals surface area contributed by atoms with E-state index in [1.807, 2.05) is 14.0 Å². The Hall–Kier alpha value is -2.41. The first-order valence-corrected chi connectivity index (χ1v) is 8.85. The molecule has 1 aliphatic rings. The minimum Gasteiger partial charge on any atom is -0.360 e. The Morgan fingerprint density at radius 2 is 2.19 bits per heavy atom. The van der Waals surface area contributed by atoms with E-state index in [0.29, 0.717) is 25.2 Å². The van der Waals surface area contributed by atoms with Crippen molar-refractivity contribution < 1.29 is 9.18 Å². The van der Waals surface area contributed by atoms with Gasteiger partial charge >= 0.3 is 6.03 Å². The predicted molar refractivity (Wildman–Crippen MR) is 100 cm³/mol. The normalized spacial score (nSPS) is 13.3. The molecule has 0 radical (unpaired) electrons. The number of rotatable bonds is 3. The maximum Gasteiger partial charge on any atom is 0.322 e.